The van der Waals surface area contributed by atoms with Crippen LogP contribution in [0.1, 0.15) is 50.7 Å². The highest BCUT2D eigenvalue weighted by molar-refractivity contribution is 8.00. The van der Waals surface area contributed by atoms with Gasteiger partial charge in [-0.25, -0.2) is 16.8 Å². The predicted molar refractivity (Wildman–Crippen MR) is 150 cm³/mol. The molecule has 0 radical (unpaired) electrons. The number of sulfone groups is 2. The van der Waals surface area contributed by atoms with Gasteiger partial charge in [0.1, 0.15) is 11.4 Å². The van der Waals surface area contributed by atoms with E-state index in [4.69, 9.17) is 5.41 Å². The number of unbranched alkanes of at least 4 members (excludes halogenated alkanes) is 3. The minimum absolute atomic E-state index is 0.153. The van der Waals surface area contributed by atoms with Crippen LogP contribution < -0.4 is 0 Å². The van der Waals surface area contributed by atoms with E-state index in [1.807, 2.05) is 0 Å². The monoisotopic (exact) mass is 637 g/mol. The first-order valence-corrected chi connectivity index (χ1v) is 16.1. The van der Waals surface area contributed by atoms with Crippen LogP contribution >= 0.6 is 0 Å². The lowest BCUT2D eigenvalue weighted by atomic mass is 9.95. The third kappa shape index (κ3) is 6.50. The van der Waals surface area contributed by atoms with E-state index < -0.39 is 51.8 Å². The molecule has 6 nitrogen and oxygen atoms in total. The molecule has 1 N–H and O–H groups in total. The quantitative estimate of drug-likeness (QED) is 0.188. The molecule has 1 unspecified atom stereocenters. The number of benzene rings is 1. The Kier molecular flexibility index (Phi) is 9.84. The molecular weight excluding hydrogens is 606 g/mol. The molecule has 2 aliphatic carbocycles. The van der Waals surface area contributed by atoms with Crippen molar-refractivity contribution in [3.63, 3.8) is 0 Å². The Bertz CT molecular complexity index is 1600. The lowest BCUT2D eigenvalue weighted by Crippen LogP contribution is -2.44. The Morgan fingerprint density at radius 1 is 0.833 bits per heavy atom. The minimum Gasteiger partial charge on any atom is -0.299 e. The van der Waals surface area contributed by atoms with Crippen molar-refractivity contribution < 1.29 is 47.7 Å². The van der Waals surface area contributed by atoms with E-state index >= 15 is 0 Å². The van der Waals surface area contributed by atoms with Crippen LogP contribution in [-0.4, -0.2) is 57.7 Å². The summed E-state index contributed by atoms with van der Waals surface area (Å²) in [4.78, 5) is -4.38. The van der Waals surface area contributed by atoms with Crippen LogP contribution in [0.15, 0.2) is 70.2 Å². The Hall–Kier alpha value is -2.97. The maximum atomic E-state index is 13.0. The highest BCUT2D eigenvalue weighted by atomic mass is 32.2. The van der Waals surface area contributed by atoms with Gasteiger partial charge in [-0.3, -0.25) is 9.89 Å². The van der Waals surface area contributed by atoms with Gasteiger partial charge in [-0.2, -0.15) is 26.3 Å². The Morgan fingerprint density at radius 2 is 1.48 bits per heavy atom. The molecule has 1 aromatic carbocycles. The number of hydrogen-bond donors (Lipinski definition) is 1. The first-order chi connectivity index (χ1) is 19.4. The van der Waals surface area contributed by atoms with Crippen molar-refractivity contribution in [3.8, 4) is 0 Å². The third-order valence-electron chi connectivity index (χ3n) is 7.21. The van der Waals surface area contributed by atoms with Gasteiger partial charge in [0, 0.05) is 5.57 Å². The van der Waals surface area contributed by atoms with Crippen LogP contribution in [0.5, 0.6) is 0 Å². The van der Waals surface area contributed by atoms with Crippen molar-refractivity contribution in [2.75, 3.05) is 19.6 Å². The summed E-state index contributed by atoms with van der Waals surface area (Å²) in [6, 6.07) is 5.69. The molecule has 1 aromatic rings. The maximum absolute atomic E-state index is 13.0. The van der Waals surface area contributed by atoms with Crippen LogP contribution in [0.2, 0.25) is 0 Å². The molecule has 4 rings (SSSR count). The molecule has 14 heteroatoms. The first kappa shape index (κ1) is 33.5. The normalized spacial score (nSPS) is 20.4. The molecule has 0 fully saturated rings. The Morgan fingerprint density at radius 3 is 2.02 bits per heavy atom. The van der Waals surface area contributed by atoms with Crippen LogP contribution in [0.25, 0.3) is 11.6 Å². The van der Waals surface area contributed by atoms with Gasteiger partial charge >= 0.3 is 11.0 Å². The lowest BCUT2D eigenvalue weighted by Gasteiger charge is -2.34. The number of quaternary nitrogens is 1. The molecular formula is C28H31F6N2O4S2+. The summed E-state index contributed by atoms with van der Waals surface area (Å²) in [5.74, 6) is 0. The van der Waals surface area contributed by atoms with Gasteiger partial charge in [-0.05, 0) is 60.8 Å². The Labute approximate surface area is 241 Å². The van der Waals surface area contributed by atoms with E-state index in [2.05, 4.69) is 38.3 Å². The second-order valence-electron chi connectivity index (χ2n) is 9.94. The van der Waals surface area contributed by atoms with Crippen molar-refractivity contribution in [2.24, 2.45) is 0 Å². The number of likely N-dealkylation sites (N-methyl/N-ethyl adjacent to an activating group) is 1. The molecule has 42 heavy (non-hydrogen) atoms. The first-order valence-electron chi connectivity index (χ1n) is 13.1. The summed E-state index contributed by atoms with van der Waals surface area (Å²) in [6.45, 7) is 8.31. The van der Waals surface area contributed by atoms with Crippen molar-refractivity contribution in [3.05, 3.63) is 81.3 Å². The van der Waals surface area contributed by atoms with E-state index in [9.17, 15) is 43.2 Å². The van der Waals surface area contributed by atoms with Crippen LogP contribution in [-0.2, 0) is 19.7 Å². The summed E-state index contributed by atoms with van der Waals surface area (Å²) < 4.78 is 127. The smallest absolute Gasteiger partial charge is 0.299 e. The number of allylic oxidation sites excluding steroid dienone is 6. The third-order valence-corrected chi connectivity index (χ3v) is 10.4. The standard InChI is InChI=1S/C15H7F6NO4S2.C13H24N/c16-14(17,18)27(23,24)11-6-9-8-4-2-1-3-7(8)5-10(9)12(22)13(11)28(25,26)15(19,20)21;1-3-5-6-8-11-14(4-2)12-9-7-10-13-14/h1-6,22H;7,9-10,12H,3-6,8,11,13H2,1-2H3/q;+1. The molecule has 0 amide bonds. The van der Waals surface area contributed by atoms with E-state index in [1.54, 1.807) is 0 Å². The SMILES string of the molecule is CCCCCC[N+]1(CC)C=CC=CC1.N=C1C2=Cc3ccccc3C2=CC(S(=O)(=O)C(F)(F)F)=C1S(=O)(=O)C(F)(F)F. The average molecular weight is 638 g/mol. The molecule has 3 aliphatic rings. The minimum atomic E-state index is -6.58. The van der Waals surface area contributed by atoms with Crippen LogP contribution in [0, 0.1) is 5.41 Å². The van der Waals surface area contributed by atoms with Crippen molar-refractivity contribution in [2.45, 2.75) is 50.5 Å². The van der Waals surface area contributed by atoms with Crippen molar-refractivity contribution >= 4 is 37.0 Å². The molecule has 1 heterocycles. The molecule has 0 spiro atoms. The van der Waals surface area contributed by atoms with E-state index in [0.29, 0.717) is 0 Å². The fourth-order valence-electron chi connectivity index (χ4n) is 4.81. The average Bonchev–Trinajstić information content (AvgIpc) is 3.30. The summed E-state index contributed by atoms with van der Waals surface area (Å²) in [7, 11) is -13.1. The molecule has 1 aliphatic heterocycles. The van der Waals surface area contributed by atoms with Gasteiger partial charge in [-0.1, -0.05) is 50.1 Å². The number of rotatable bonds is 8. The van der Waals surface area contributed by atoms with Gasteiger partial charge in [-0.15, -0.1) is 0 Å². The number of alkyl halides is 6. The summed E-state index contributed by atoms with van der Waals surface area (Å²) in [6.07, 6.45) is 15.9. The zero-order chi connectivity index (χ0) is 31.6. The largest absolute Gasteiger partial charge is 0.502 e. The van der Waals surface area contributed by atoms with Gasteiger partial charge in [0.25, 0.3) is 19.7 Å². The van der Waals surface area contributed by atoms with Crippen LogP contribution in [0.3, 0.4) is 0 Å². The summed E-state index contributed by atoms with van der Waals surface area (Å²) in [5.41, 5.74) is -13.9. The van der Waals surface area contributed by atoms with Crippen molar-refractivity contribution in [1.29, 1.82) is 5.41 Å². The number of fused-ring (bicyclic) bond motifs is 3. The fraction of sp³-hybridized carbons (Fsp3) is 0.393. The molecule has 0 saturated heterocycles. The maximum Gasteiger partial charge on any atom is 0.502 e. The number of hydrogen-bond acceptors (Lipinski definition) is 5. The van der Waals surface area contributed by atoms with Crippen LogP contribution in [0.4, 0.5) is 26.3 Å². The number of nitrogens with one attached hydrogen (secondary N) is 1. The molecule has 0 saturated carbocycles. The molecule has 230 valence electrons. The second-order valence-corrected chi connectivity index (χ2v) is 13.7. The second kappa shape index (κ2) is 12.3. The zero-order valence-corrected chi connectivity index (χ0v) is 24.5. The van der Waals surface area contributed by atoms with Crippen molar-refractivity contribution in [1.82, 2.24) is 0 Å². The topological polar surface area (TPSA) is 92.1 Å². The molecule has 1 atom stereocenters. The zero-order valence-electron chi connectivity index (χ0n) is 22.9. The van der Waals surface area contributed by atoms with Gasteiger partial charge in [0.15, 0.2) is 0 Å². The number of halogens is 6. The van der Waals surface area contributed by atoms with E-state index in [1.165, 1.54) is 74.1 Å². The number of nitrogens with zero attached hydrogens (tertiary/aromatic N) is 1. The van der Waals surface area contributed by atoms with Gasteiger partial charge in [0.05, 0.1) is 29.9 Å². The summed E-state index contributed by atoms with van der Waals surface area (Å²) >= 11 is 0. The summed E-state index contributed by atoms with van der Waals surface area (Å²) in [5, 5.41) is 7.82. The highest BCUT2D eigenvalue weighted by Crippen LogP contribution is 2.47. The van der Waals surface area contributed by atoms with E-state index in [-0.39, 0.29) is 22.8 Å². The van der Waals surface area contributed by atoms with Gasteiger partial charge in [0.2, 0.25) is 0 Å². The van der Waals surface area contributed by atoms with E-state index in [0.717, 1.165) is 6.08 Å². The predicted octanol–water partition coefficient (Wildman–Crippen LogP) is 7.07. The molecule has 0 aromatic heterocycles. The highest BCUT2D eigenvalue weighted by Gasteiger charge is 2.57. The fourth-order valence-corrected chi connectivity index (χ4v) is 7.27. The Balaban J connectivity index is 0.000000291. The molecule has 0 bridgehead atoms. The lowest BCUT2D eigenvalue weighted by molar-refractivity contribution is -0.872. The van der Waals surface area contributed by atoms with Gasteiger partial charge < -0.3 is 0 Å².